The predicted octanol–water partition coefficient (Wildman–Crippen LogP) is 0.813. The highest BCUT2D eigenvalue weighted by Crippen LogP contribution is 2.27. The molecule has 0 aromatic carbocycles. The second kappa shape index (κ2) is 2.74. The van der Waals surface area contributed by atoms with Gasteiger partial charge in [0.05, 0.1) is 15.9 Å². The lowest BCUT2D eigenvalue weighted by atomic mass is 10.5. The lowest BCUT2D eigenvalue weighted by Gasteiger charge is -1.94. The Kier molecular flexibility index (Phi) is 2.13. The minimum atomic E-state index is -1.35. The van der Waals surface area contributed by atoms with Gasteiger partial charge in [0.1, 0.15) is 0 Å². The highest BCUT2D eigenvalue weighted by atomic mass is 35.5. The van der Waals surface area contributed by atoms with Crippen LogP contribution >= 0.6 is 34.7 Å². The van der Waals surface area contributed by atoms with Crippen LogP contribution in [0.25, 0.3) is 0 Å². The van der Waals surface area contributed by atoms with E-state index in [1.54, 1.807) is 0 Å². The number of carbonyl (C=O) groups excluding carboxylic acids is 1. The van der Waals surface area contributed by atoms with Gasteiger partial charge in [0.25, 0.3) is 0 Å². The molecule has 10 heavy (non-hydrogen) atoms. The number of hydrogen-bond donors (Lipinski definition) is 0. The monoisotopic (exact) mass is 196 g/mol. The van der Waals surface area contributed by atoms with Gasteiger partial charge in [0.2, 0.25) is 0 Å². The standard InChI is InChI=1S/C4HCl2NO2S/c5-1-2(4(8)9)10-7-3(1)6/h(H,8,9)/p-1. The highest BCUT2D eigenvalue weighted by Gasteiger charge is 2.09. The molecular formula is C4Cl2NO2S-. The molecule has 0 unspecified atom stereocenters. The van der Waals surface area contributed by atoms with E-state index in [0.717, 1.165) is 0 Å². The molecule has 0 saturated carbocycles. The SMILES string of the molecule is O=C([O-])c1snc(Cl)c1Cl. The Balaban J connectivity index is 3.17. The first-order valence-corrected chi connectivity index (χ1v) is 3.68. The lowest BCUT2D eigenvalue weighted by molar-refractivity contribution is -0.254. The largest absolute Gasteiger partial charge is 0.544 e. The number of nitrogens with zero attached hydrogens (tertiary/aromatic N) is 1. The fourth-order valence-electron chi connectivity index (χ4n) is 0.386. The fourth-order valence-corrected chi connectivity index (χ4v) is 1.43. The van der Waals surface area contributed by atoms with Crippen LogP contribution < -0.4 is 5.11 Å². The molecule has 0 spiro atoms. The average Bonchev–Trinajstić information content (AvgIpc) is 2.14. The molecule has 0 fully saturated rings. The van der Waals surface area contributed by atoms with Crippen molar-refractivity contribution in [2.75, 3.05) is 0 Å². The molecule has 1 heterocycles. The quantitative estimate of drug-likeness (QED) is 0.669. The van der Waals surface area contributed by atoms with Gasteiger partial charge in [-0.2, -0.15) is 4.37 Å². The molecule has 1 rings (SSSR count). The molecule has 1 aromatic heterocycles. The van der Waals surface area contributed by atoms with Crippen LogP contribution in [0.3, 0.4) is 0 Å². The summed E-state index contributed by atoms with van der Waals surface area (Å²) in [5.74, 6) is -1.35. The molecule has 0 amide bonds. The summed E-state index contributed by atoms with van der Waals surface area (Å²) in [4.78, 5) is 10.0. The van der Waals surface area contributed by atoms with Gasteiger partial charge >= 0.3 is 0 Å². The fraction of sp³-hybridized carbons (Fsp3) is 0. The first-order chi connectivity index (χ1) is 4.63. The van der Waals surface area contributed by atoms with Crippen LogP contribution in [0.1, 0.15) is 9.67 Å². The topological polar surface area (TPSA) is 53.0 Å². The van der Waals surface area contributed by atoms with Crippen molar-refractivity contribution in [2.45, 2.75) is 0 Å². The van der Waals surface area contributed by atoms with E-state index < -0.39 is 5.97 Å². The van der Waals surface area contributed by atoms with Gasteiger partial charge in [-0.1, -0.05) is 23.2 Å². The Hall–Kier alpha value is -0.320. The van der Waals surface area contributed by atoms with Gasteiger partial charge in [0.15, 0.2) is 5.15 Å². The average molecular weight is 197 g/mol. The molecule has 54 valence electrons. The zero-order chi connectivity index (χ0) is 7.72. The second-order valence-corrected chi connectivity index (χ2v) is 2.91. The Morgan fingerprint density at radius 2 is 2.20 bits per heavy atom. The molecule has 0 bridgehead atoms. The first-order valence-electron chi connectivity index (χ1n) is 2.15. The van der Waals surface area contributed by atoms with E-state index in [1.165, 1.54) is 0 Å². The molecular weight excluding hydrogens is 197 g/mol. The van der Waals surface area contributed by atoms with Gasteiger partial charge in [-0.25, -0.2) is 0 Å². The zero-order valence-electron chi connectivity index (χ0n) is 4.43. The third-order valence-electron chi connectivity index (χ3n) is 0.783. The van der Waals surface area contributed by atoms with E-state index in [9.17, 15) is 9.90 Å². The van der Waals surface area contributed by atoms with Crippen LogP contribution in [0.5, 0.6) is 0 Å². The summed E-state index contributed by atoms with van der Waals surface area (Å²) >= 11 is 11.5. The molecule has 0 saturated heterocycles. The van der Waals surface area contributed by atoms with Gasteiger partial charge in [-0.15, -0.1) is 0 Å². The minimum absolute atomic E-state index is 0.00543. The van der Waals surface area contributed by atoms with Crippen molar-refractivity contribution in [1.82, 2.24) is 4.37 Å². The van der Waals surface area contributed by atoms with Crippen LogP contribution in [0.4, 0.5) is 0 Å². The van der Waals surface area contributed by atoms with Crippen molar-refractivity contribution in [3.63, 3.8) is 0 Å². The van der Waals surface area contributed by atoms with E-state index >= 15 is 0 Å². The molecule has 0 radical (unpaired) electrons. The smallest absolute Gasteiger partial charge is 0.162 e. The molecule has 0 atom stereocenters. The summed E-state index contributed by atoms with van der Waals surface area (Å²) in [6.45, 7) is 0. The maximum atomic E-state index is 10.2. The number of carboxylic acids is 1. The molecule has 0 aliphatic heterocycles. The Morgan fingerprint density at radius 1 is 1.60 bits per heavy atom. The summed E-state index contributed by atoms with van der Waals surface area (Å²) in [7, 11) is 0. The number of halogens is 2. The van der Waals surface area contributed by atoms with E-state index in [4.69, 9.17) is 23.2 Å². The Labute approximate surface area is 70.4 Å². The van der Waals surface area contributed by atoms with Crippen LogP contribution in [0, 0.1) is 0 Å². The van der Waals surface area contributed by atoms with Crippen LogP contribution in [0.2, 0.25) is 10.2 Å². The molecule has 6 heteroatoms. The van der Waals surface area contributed by atoms with Gasteiger partial charge in [-0.05, 0) is 11.5 Å². The molecule has 0 aliphatic rings. The zero-order valence-corrected chi connectivity index (χ0v) is 6.76. The van der Waals surface area contributed by atoms with Crippen molar-refractivity contribution >= 4 is 40.7 Å². The summed E-state index contributed by atoms with van der Waals surface area (Å²) in [6, 6.07) is 0. The Morgan fingerprint density at radius 3 is 2.40 bits per heavy atom. The lowest BCUT2D eigenvalue weighted by Crippen LogP contribution is -2.21. The van der Waals surface area contributed by atoms with Crippen molar-refractivity contribution in [3.05, 3.63) is 15.1 Å². The van der Waals surface area contributed by atoms with Crippen molar-refractivity contribution in [1.29, 1.82) is 0 Å². The Bertz CT molecular complexity index is 272. The van der Waals surface area contributed by atoms with Crippen LogP contribution in [-0.4, -0.2) is 10.3 Å². The van der Waals surface area contributed by atoms with Crippen molar-refractivity contribution in [3.8, 4) is 0 Å². The molecule has 1 aromatic rings. The van der Waals surface area contributed by atoms with E-state index in [1.807, 2.05) is 0 Å². The maximum absolute atomic E-state index is 10.2. The van der Waals surface area contributed by atoms with Gasteiger partial charge in [0, 0.05) is 0 Å². The van der Waals surface area contributed by atoms with Crippen LogP contribution in [-0.2, 0) is 0 Å². The van der Waals surface area contributed by atoms with Gasteiger partial charge < -0.3 is 9.90 Å². The van der Waals surface area contributed by atoms with E-state index in [2.05, 4.69) is 4.37 Å². The first kappa shape index (κ1) is 7.78. The summed E-state index contributed by atoms with van der Waals surface area (Å²) < 4.78 is 3.49. The van der Waals surface area contributed by atoms with Crippen molar-refractivity contribution < 1.29 is 9.90 Å². The van der Waals surface area contributed by atoms with Crippen LogP contribution in [0.15, 0.2) is 0 Å². The molecule has 3 nitrogen and oxygen atoms in total. The normalized spacial score (nSPS) is 9.80. The maximum Gasteiger partial charge on any atom is 0.162 e. The molecule has 0 aliphatic carbocycles. The highest BCUT2D eigenvalue weighted by molar-refractivity contribution is 7.09. The number of carboxylic acid groups (broad SMARTS) is 1. The number of hydrogen-bond acceptors (Lipinski definition) is 4. The third kappa shape index (κ3) is 1.23. The summed E-state index contributed by atoms with van der Waals surface area (Å²) in [6.07, 6.45) is 0. The second-order valence-electron chi connectivity index (χ2n) is 1.40. The van der Waals surface area contributed by atoms with E-state index in [0.29, 0.717) is 11.5 Å². The van der Waals surface area contributed by atoms with Crippen molar-refractivity contribution in [2.24, 2.45) is 0 Å². The van der Waals surface area contributed by atoms with Gasteiger partial charge in [-0.3, -0.25) is 0 Å². The summed E-state index contributed by atoms with van der Waals surface area (Å²) in [5.41, 5.74) is 0. The predicted molar refractivity (Wildman–Crippen MR) is 36.5 cm³/mol. The number of aromatic carboxylic acids is 1. The third-order valence-corrected chi connectivity index (χ3v) is 2.56. The molecule has 0 N–H and O–H groups in total. The minimum Gasteiger partial charge on any atom is -0.544 e. The van der Waals surface area contributed by atoms with E-state index in [-0.39, 0.29) is 15.1 Å². The number of carbonyl (C=O) groups is 1. The number of rotatable bonds is 1. The number of aromatic nitrogens is 1. The summed E-state index contributed by atoms with van der Waals surface area (Å²) in [5, 5.41) is 10.1.